The van der Waals surface area contributed by atoms with Crippen molar-refractivity contribution < 1.29 is 9.84 Å². The molecule has 0 amide bonds. The van der Waals surface area contributed by atoms with E-state index in [1.54, 1.807) is 18.2 Å². The van der Waals surface area contributed by atoms with Crippen LogP contribution in [0.1, 0.15) is 18.7 Å². The highest BCUT2D eigenvalue weighted by atomic mass is 16.5. The molecular weight excluding hydrogens is 190 g/mol. The second-order valence-corrected chi connectivity index (χ2v) is 3.38. The van der Waals surface area contributed by atoms with Crippen molar-refractivity contribution in [2.24, 2.45) is 0 Å². The predicted molar refractivity (Wildman–Crippen MR) is 57.9 cm³/mol. The minimum atomic E-state index is -0.0539. The maximum Gasteiger partial charge on any atom is 0.136 e. The number of rotatable bonds is 3. The molecule has 0 radical (unpaired) electrons. The van der Waals surface area contributed by atoms with Crippen LogP contribution >= 0.6 is 0 Å². The second-order valence-electron chi connectivity index (χ2n) is 3.38. The van der Waals surface area contributed by atoms with E-state index in [2.05, 4.69) is 4.98 Å². The highest BCUT2D eigenvalue weighted by Crippen LogP contribution is 2.23. The SMILES string of the molecule is CC(Oc1cccc(O)c1)c1ccc[nH]1. The maximum atomic E-state index is 9.27. The number of nitrogens with one attached hydrogen (secondary N) is 1. The Morgan fingerprint density at radius 1 is 1.27 bits per heavy atom. The molecule has 2 rings (SSSR count). The van der Waals surface area contributed by atoms with Crippen LogP contribution in [0, 0.1) is 0 Å². The average Bonchev–Trinajstić information content (AvgIpc) is 2.70. The van der Waals surface area contributed by atoms with Crippen molar-refractivity contribution in [2.75, 3.05) is 0 Å². The third-order valence-electron chi connectivity index (χ3n) is 2.19. The van der Waals surface area contributed by atoms with Gasteiger partial charge in [0, 0.05) is 12.3 Å². The fourth-order valence-corrected chi connectivity index (χ4v) is 1.42. The summed E-state index contributed by atoms with van der Waals surface area (Å²) in [7, 11) is 0. The molecule has 1 atom stereocenters. The summed E-state index contributed by atoms with van der Waals surface area (Å²) in [5, 5.41) is 9.27. The molecular formula is C12H13NO2. The molecule has 0 saturated carbocycles. The molecule has 1 aromatic heterocycles. The first kappa shape index (κ1) is 9.65. The molecule has 1 heterocycles. The Labute approximate surface area is 88.3 Å². The third kappa shape index (κ3) is 2.31. The first-order valence-corrected chi connectivity index (χ1v) is 4.84. The Kier molecular flexibility index (Phi) is 2.63. The van der Waals surface area contributed by atoms with Gasteiger partial charge in [0.15, 0.2) is 0 Å². The topological polar surface area (TPSA) is 45.2 Å². The standard InChI is InChI=1S/C12H13NO2/c1-9(12-6-3-7-13-12)15-11-5-2-4-10(14)8-11/h2-9,13-14H,1H3. The van der Waals surface area contributed by atoms with Crippen molar-refractivity contribution in [1.82, 2.24) is 4.98 Å². The molecule has 0 saturated heterocycles. The molecule has 2 N–H and O–H groups in total. The third-order valence-corrected chi connectivity index (χ3v) is 2.19. The van der Waals surface area contributed by atoms with Gasteiger partial charge in [0.2, 0.25) is 0 Å². The molecule has 0 aliphatic heterocycles. The van der Waals surface area contributed by atoms with Gasteiger partial charge in [-0.05, 0) is 31.2 Å². The first-order chi connectivity index (χ1) is 7.25. The molecule has 3 nitrogen and oxygen atoms in total. The van der Waals surface area contributed by atoms with Crippen molar-refractivity contribution in [2.45, 2.75) is 13.0 Å². The second kappa shape index (κ2) is 4.09. The van der Waals surface area contributed by atoms with Crippen molar-refractivity contribution in [3.05, 3.63) is 48.3 Å². The van der Waals surface area contributed by atoms with Gasteiger partial charge in [-0.1, -0.05) is 6.07 Å². The van der Waals surface area contributed by atoms with E-state index < -0.39 is 0 Å². The number of H-pyrrole nitrogens is 1. The van der Waals surface area contributed by atoms with Crippen LogP contribution in [0.2, 0.25) is 0 Å². The summed E-state index contributed by atoms with van der Waals surface area (Å²) < 4.78 is 5.65. The average molecular weight is 203 g/mol. The van der Waals surface area contributed by atoms with Crippen LogP contribution in [0.5, 0.6) is 11.5 Å². The van der Waals surface area contributed by atoms with E-state index in [0.717, 1.165) is 5.69 Å². The molecule has 15 heavy (non-hydrogen) atoms. The van der Waals surface area contributed by atoms with E-state index in [1.165, 1.54) is 0 Å². The molecule has 1 aromatic carbocycles. The van der Waals surface area contributed by atoms with Crippen LogP contribution in [-0.2, 0) is 0 Å². The van der Waals surface area contributed by atoms with Gasteiger partial charge in [-0.15, -0.1) is 0 Å². The summed E-state index contributed by atoms with van der Waals surface area (Å²) in [6, 6.07) is 10.7. The van der Waals surface area contributed by atoms with Gasteiger partial charge in [0.1, 0.15) is 17.6 Å². The Morgan fingerprint density at radius 2 is 2.13 bits per heavy atom. The van der Waals surface area contributed by atoms with Crippen LogP contribution in [0.4, 0.5) is 0 Å². The largest absolute Gasteiger partial charge is 0.508 e. The summed E-state index contributed by atoms with van der Waals surface area (Å²) in [5.74, 6) is 0.878. The monoisotopic (exact) mass is 203 g/mol. The molecule has 0 aliphatic carbocycles. The number of phenolic OH excluding ortho intramolecular Hbond substituents is 1. The van der Waals surface area contributed by atoms with Crippen molar-refractivity contribution in [3.8, 4) is 11.5 Å². The zero-order valence-electron chi connectivity index (χ0n) is 8.47. The minimum Gasteiger partial charge on any atom is -0.508 e. The van der Waals surface area contributed by atoms with Crippen LogP contribution in [0.15, 0.2) is 42.6 Å². The van der Waals surface area contributed by atoms with Crippen LogP contribution in [-0.4, -0.2) is 10.1 Å². The Balaban J connectivity index is 2.09. The van der Waals surface area contributed by atoms with E-state index in [0.29, 0.717) is 5.75 Å². The number of hydrogen-bond donors (Lipinski definition) is 2. The van der Waals surface area contributed by atoms with Crippen molar-refractivity contribution >= 4 is 0 Å². The summed E-state index contributed by atoms with van der Waals surface area (Å²) in [6.45, 7) is 1.95. The fraction of sp³-hybridized carbons (Fsp3) is 0.167. The van der Waals surface area contributed by atoms with Crippen LogP contribution in [0.25, 0.3) is 0 Å². The molecule has 0 aliphatic rings. The summed E-state index contributed by atoms with van der Waals surface area (Å²) in [6.07, 6.45) is 1.80. The van der Waals surface area contributed by atoms with Gasteiger partial charge in [-0.3, -0.25) is 0 Å². The van der Waals surface area contributed by atoms with Crippen molar-refractivity contribution in [3.63, 3.8) is 0 Å². The lowest BCUT2D eigenvalue weighted by atomic mass is 10.3. The minimum absolute atomic E-state index is 0.0539. The number of aromatic amines is 1. The zero-order chi connectivity index (χ0) is 10.7. The maximum absolute atomic E-state index is 9.27. The van der Waals surface area contributed by atoms with Gasteiger partial charge < -0.3 is 14.8 Å². The number of phenols is 1. The summed E-state index contributed by atoms with van der Waals surface area (Å²) in [5.41, 5.74) is 1.01. The Morgan fingerprint density at radius 3 is 2.80 bits per heavy atom. The van der Waals surface area contributed by atoms with E-state index in [4.69, 9.17) is 4.74 Å². The number of aromatic hydroxyl groups is 1. The lowest BCUT2D eigenvalue weighted by Crippen LogP contribution is -2.02. The Bertz CT molecular complexity index is 423. The number of aromatic nitrogens is 1. The van der Waals surface area contributed by atoms with Crippen LogP contribution < -0.4 is 4.74 Å². The molecule has 0 bridgehead atoms. The normalized spacial score (nSPS) is 12.3. The van der Waals surface area contributed by atoms with E-state index in [1.807, 2.05) is 31.3 Å². The van der Waals surface area contributed by atoms with Crippen molar-refractivity contribution in [1.29, 1.82) is 0 Å². The predicted octanol–water partition coefficient (Wildman–Crippen LogP) is 2.86. The van der Waals surface area contributed by atoms with E-state index >= 15 is 0 Å². The summed E-state index contributed by atoms with van der Waals surface area (Å²) in [4.78, 5) is 3.08. The number of ether oxygens (including phenoxy) is 1. The van der Waals surface area contributed by atoms with Gasteiger partial charge in [0.05, 0.1) is 5.69 Å². The van der Waals surface area contributed by atoms with E-state index in [9.17, 15) is 5.11 Å². The fourth-order valence-electron chi connectivity index (χ4n) is 1.42. The molecule has 2 aromatic rings. The first-order valence-electron chi connectivity index (χ1n) is 4.84. The molecule has 3 heteroatoms. The van der Waals surface area contributed by atoms with Gasteiger partial charge >= 0.3 is 0 Å². The van der Waals surface area contributed by atoms with Gasteiger partial charge in [-0.25, -0.2) is 0 Å². The molecule has 0 fully saturated rings. The van der Waals surface area contributed by atoms with Gasteiger partial charge in [-0.2, -0.15) is 0 Å². The smallest absolute Gasteiger partial charge is 0.136 e. The number of hydrogen-bond acceptors (Lipinski definition) is 2. The van der Waals surface area contributed by atoms with E-state index in [-0.39, 0.29) is 11.9 Å². The lowest BCUT2D eigenvalue weighted by molar-refractivity contribution is 0.222. The lowest BCUT2D eigenvalue weighted by Gasteiger charge is -2.13. The molecule has 1 unspecified atom stereocenters. The highest BCUT2D eigenvalue weighted by molar-refractivity contribution is 5.32. The highest BCUT2D eigenvalue weighted by Gasteiger charge is 2.07. The Hall–Kier alpha value is -1.90. The number of benzene rings is 1. The molecule has 78 valence electrons. The zero-order valence-corrected chi connectivity index (χ0v) is 8.47. The quantitative estimate of drug-likeness (QED) is 0.805. The van der Waals surface area contributed by atoms with Gasteiger partial charge in [0.25, 0.3) is 0 Å². The summed E-state index contributed by atoms with van der Waals surface area (Å²) >= 11 is 0. The van der Waals surface area contributed by atoms with Crippen LogP contribution in [0.3, 0.4) is 0 Å². The molecule has 0 spiro atoms.